The van der Waals surface area contributed by atoms with Crippen molar-refractivity contribution >= 4 is 33.5 Å². The number of H-pyrrole nitrogens is 1. The van der Waals surface area contributed by atoms with Gasteiger partial charge >= 0.3 is 0 Å². The van der Waals surface area contributed by atoms with E-state index < -0.39 is 0 Å². The second-order valence-electron chi connectivity index (χ2n) is 2.42. The van der Waals surface area contributed by atoms with Crippen LogP contribution in [-0.4, -0.2) is 10.2 Å². The minimum atomic E-state index is -0.0415. The lowest BCUT2D eigenvalue weighted by atomic mass is 10.2. The van der Waals surface area contributed by atoms with Crippen molar-refractivity contribution in [2.24, 2.45) is 0 Å². The van der Waals surface area contributed by atoms with Crippen LogP contribution in [-0.2, 0) is 0 Å². The Kier molecular flexibility index (Phi) is 1.84. The number of nitrogens with one attached hydrogen (secondary N) is 1. The van der Waals surface area contributed by atoms with Crippen LogP contribution < -0.4 is 5.43 Å². The molecule has 1 N–H and O–H groups in total. The fraction of sp³-hybridized carbons (Fsp3) is 0. The third-order valence-electron chi connectivity index (χ3n) is 1.61. The first kappa shape index (κ1) is 7.72. The second-order valence-corrected chi connectivity index (χ2v) is 3.67. The molecular formula is C8H5IN2O. The summed E-state index contributed by atoms with van der Waals surface area (Å²) in [7, 11) is 0. The topological polar surface area (TPSA) is 45.8 Å². The summed E-state index contributed by atoms with van der Waals surface area (Å²) in [6.07, 6.45) is 1.29. The summed E-state index contributed by atoms with van der Waals surface area (Å²) in [6.45, 7) is 0. The van der Waals surface area contributed by atoms with Crippen molar-refractivity contribution in [3.8, 4) is 0 Å². The van der Waals surface area contributed by atoms with E-state index in [0.29, 0.717) is 5.39 Å². The zero-order valence-corrected chi connectivity index (χ0v) is 8.20. The molecule has 1 heterocycles. The lowest BCUT2D eigenvalue weighted by molar-refractivity contribution is 1.06. The van der Waals surface area contributed by atoms with Gasteiger partial charge in [0.1, 0.15) is 0 Å². The van der Waals surface area contributed by atoms with Crippen LogP contribution in [0, 0.1) is 3.57 Å². The number of hydrogen-bond acceptors (Lipinski definition) is 2. The van der Waals surface area contributed by atoms with Crippen LogP contribution >= 0.6 is 22.6 Å². The van der Waals surface area contributed by atoms with Crippen LogP contribution in [0.1, 0.15) is 0 Å². The first-order valence-electron chi connectivity index (χ1n) is 3.40. The van der Waals surface area contributed by atoms with Crippen molar-refractivity contribution in [2.75, 3.05) is 0 Å². The fourth-order valence-electron chi connectivity index (χ4n) is 1.05. The highest BCUT2D eigenvalue weighted by molar-refractivity contribution is 14.1. The minimum Gasteiger partial charge on any atom is -0.287 e. The number of fused-ring (bicyclic) bond motifs is 1. The van der Waals surface area contributed by atoms with Gasteiger partial charge in [-0.3, -0.25) is 9.89 Å². The molecule has 60 valence electrons. The molecule has 2 aromatic rings. The predicted octanol–water partition coefficient (Wildman–Crippen LogP) is 1.53. The molecule has 1 aromatic carbocycles. The van der Waals surface area contributed by atoms with Gasteiger partial charge in [-0.25, -0.2) is 0 Å². The van der Waals surface area contributed by atoms with E-state index in [1.165, 1.54) is 6.20 Å². The summed E-state index contributed by atoms with van der Waals surface area (Å²) >= 11 is 2.19. The summed E-state index contributed by atoms with van der Waals surface area (Å²) in [5.41, 5.74) is 0.745. The molecule has 0 aliphatic heterocycles. The standard InChI is InChI=1S/C8H5IN2O/c9-5-1-2-6-7(3-5)11-10-4-8(6)12/h1-4H,(H,11,12). The molecule has 0 aliphatic carbocycles. The van der Waals surface area contributed by atoms with Crippen molar-refractivity contribution < 1.29 is 0 Å². The summed E-state index contributed by atoms with van der Waals surface area (Å²) in [5, 5.41) is 7.18. The van der Waals surface area contributed by atoms with Gasteiger partial charge in [0.05, 0.1) is 11.7 Å². The Morgan fingerprint density at radius 3 is 3.08 bits per heavy atom. The molecule has 0 spiro atoms. The molecule has 2 rings (SSSR count). The molecule has 1 aromatic heterocycles. The fourth-order valence-corrected chi connectivity index (χ4v) is 1.55. The van der Waals surface area contributed by atoms with Crippen LogP contribution in [0.5, 0.6) is 0 Å². The highest BCUT2D eigenvalue weighted by Crippen LogP contribution is 2.10. The normalized spacial score (nSPS) is 10.4. The molecule has 0 amide bonds. The van der Waals surface area contributed by atoms with Crippen LogP contribution in [0.25, 0.3) is 10.9 Å². The van der Waals surface area contributed by atoms with Gasteiger partial charge in [-0.05, 0) is 40.8 Å². The van der Waals surface area contributed by atoms with Gasteiger partial charge in [-0.15, -0.1) is 0 Å². The predicted molar refractivity (Wildman–Crippen MR) is 55.1 cm³/mol. The SMILES string of the molecule is O=c1cn[nH]c2cc(I)ccc12. The second kappa shape index (κ2) is 2.85. The molecule has 3 nitrogen and oxygen atoms in total. The number of rotatable bonds is 0. The van der Waals surface area contributed by atoms with E-state index in [0.717, 1.165) is 9.09 Å². The monoisotopic (exact) mass is 272 g/mol. The van der Waals surface area contributed by atoms with Gasteiger partial charge in [-0.2, -0.15) is 5.10 Å². The third kappa shape index (κ3) is 1.22. The van der Waals surface area contributed by atoms with Gasteiger partial charge in [0.15, 0.2) is 0 Å². The highest BCUT2D eigenvalue weighted by Gasteiger charge is 1.97. The molecule has 0 saturated carbocycles. The number of nitrogens with zero attached hydrogens (tertiary/aromatic N) is 1. The molecule has 0 atom stereocenters. The molecule has 0 unspecified atom stereocenters. The van der Waals surface area contributed by atoms with E-state index >= 15 is 0 Å². The largest absolute Gasteiger partial charge is 0.287 e. The van der Waals surface area contributed by atoms with Crippen LogP contribution in [0.3, 0.4) is 0 Å². The van der Waals surface area contributed by atoms with Gasteiger partial charge in [0, 0.05) is 8.96 Å². The first-order chi connectivity index (χ1) is 5.77. The first-order valence-corrected chi connectivity index (χ1v) is 4.48. The molecule has 0 fully saturated rings. The Labute approximate surface area is 81.9 Å². The zero-order chi connectivity index (χ0) is 8.55. The summed E-state index contributed by atoms with van der Waals surface area (Å²) in [5.74, 6) is 0. The Balaban J connectivity index is 2.96. The molecule has 0 radical (unpaired) electrons. The number of hydrogen-bond donors (Lipinski definition) is 1. The number of halogens is 1. The van der Waals surface area contributed by atoms with E-state index in [4.69, 9.17) is 0 Å². The maximum Gasteiger partial charge on any atom is 0.207 e. The Morgan fingerprint density at radius 2 is 2.25 bits per heavy atom. The van der Waals surface area contributed by atoms with Crippen molar-refractivity contribution in [3.63, 3.8) is 0 Å². The molecule has 0 bridgehead atoms. The van der Waals surface area contributed by atoms with Crippen LogP contribution in [0.2, 0.25) is 0 Å². The molecule has 4 heteroatoms. The van der Waals surface area contributed by atoms with Crippen molar-refractivity contribution in [2.45, 2.75) is 0 Å². The smallest absolute Gasteiger partial charge is 0.207 e. The average Bonchev–Trinajstić information content (AvgIpc) is 2.04. The number of benzene rings is 1. The summed E-state index contributed by atoms with van der Waals surface area (Å²) in [4.78, 5) is 11.2. The lowest BCUT2D eigenvalue weighted by Crippen LogP contribution is -2.02. The third-order valence-corrected chi connectivity index (χ3v) is 2.28. The zero-order valence-electron chi connectivity index (χ0n) is 6.04. The van der Waals surface area contributed by atoms with E-state index in [9.17, 15) is 4.79 Å². The molecular weight excluding hydrogens is 267 g/mol. The number of aromatic nitrogens is 2. The minimum absolute atomic E-state index is 0.0415. The number of aromatic amines is 1. The summed E-state index contributed by atoms with van der Waals surface area (Å²) < 4.78 is 1.09. The van der Waals surface area contributed by atoms with E-state index in [2.05, 4.69) is 32.8 Å². The van der Waals surface area contributed by atoms with Gasteiger partial charge in [-0.1, -0.05) is 0 Å². The van der Waals surface area contributed by atoms with E-state index in [1.54, 1.807) is 6.07 Å². The van der Waals surface area contributed by atoms with Gasteiger partial charge in [0.25, 0.3) is 0 Å². The Morgan fingerprint density at radius 1 is 1.42 bits per heavy atom. The van der Waals surface area contributed by atoms with Crippen molar-refractivity contribution in [3.05, 3.63) is 38.2 Å². The summed E-state index contributed by atoms with van der Waals surface area (Å²) in [6, 6.07) is 5.60. The lowest BCUT2D eigenvalue weighted by Gasteiger charge is -1.95. The Bertz CT molecular complexity index is 478. The molecule has 12 heavy (non-hydrogen) atoms. The average molecular weight is 272 g/mol. The van der Waals surface area contributed by atoms with Crippen LogP contribution in [0.4, 0.5) is 0 Å². The van der Waals surface area contributed by atoms with Gasteiger partial charge < -0.3 is 0 Å². The van der Waals surface area contributed by atoms with Gasteiger partial charge in [0.2, 0.25) is 5.43 Å². The Hall–Kier alpha value is -0.910. The maximum absolute atomic E-state index is 11.2. The molecule has 0 saturated heterocycles. The van der Waals surface area contributed by atoms with Crippen molar-refractivity contribution in [1.29, 1.82) is 0 Å². The maximum atomic E-state index is 11.2. The highest BCUT2D eigenvalue weighted by atomic mass is 127. The van der Waals surface area contributed by atoms with Crippen LogP contribution in [0.15, 0.2) is 29.2 Å². The van der Waals surface area contributed by atoms with E-state index in [1.807, 2.05) is 12.1 Å². The quantitative estimate of drug-likeness (QED) is 0.739. The molecule has 0 aliphatic rings. The van der Waals surface area contributed by atoms with Crippen molar-refractivity contribution in [1.82, 2.24) is 10.2 Å². The van der Waals surface area contributed by atoms with E-state index in [-0.39, 0.29) is 5.43 Å².